The van der Waals surface area contributed by atoms with Gasteiger partial charge in [0.1, 0.15) is 5.75 Å². The maximum atomic E-state index is 12.4. The van der Waals surface area contributed by atoms with Gasteiger partial charge in [0.2, 0.25) is 11.7 Å². The van der Waals surface area contributed by atoms with E-state index < -0.39 is 23.9 Å². The Kier molecular flexibility index (Phi) is 7.47. The van der Waals surface area contributed by atoms with Crippen LogP contribution in [0, 0.1) is 0 Å². The van der Waals surface area contributed by atoms with Crippen LogP contribution in [0.25, 0.3) is 0 Å². The third-order valence-electron chi connectivity index (χ3n) is 4.00. The van der Waals surface area contributed by atoms with Crippen molar-refractivity contribution < 1.29 is 33.8 Å². The van der Waals surface area contributed by atoms with Crippen molar-refractivity contribution in [2.45, 2.75) is 25.9 Å². The zero-order chi connectivity index (χ0) is 21.4. The number of ether oxygens (including phenoxy) is 2. The van der Waals surface area contributed by atoms with Crippen LogP contribution < -0.4 is 10.1 Å². The Hall–Kier alpha value is -3.68. The second kappa shape index (κ2) is 10.0. The van der Waals surface area contributed by atoms with Crippen molar-refractivity contribution >= 4 is 29.3 Å². The standard InChI is InChI=1S/C21H21NO7/c1-13(20(26)14-5-9-17(28-2)10-6-14)29-21(27)15-3-7-16(8-4-15)22-18(23)11-12-19(24)25/h3-10,13H,11-12H2,1-2H3,(H,22,23)(H,24,25)/t13-/m0/s1. The first-order valence-electron chi connectivity index (χ1n) is 8.81. The second-order valence-electron chi connectivity index (χ2n) is 6.16. The molecule has 0 saturated heterocycles. The molecule has 0 aromatic heterocycles. The van der Waals surface area contributed by atoms with Gasteiger partial charge in [-0.1, -0.05) is 0 Å². The van der Waals surface area contributed by atoms with Crippen LogP contribution in [0.2, 0.25) is 0 Å². The Balaban J connectivity index is 1.93. The monoisotopic (exact) mass is 399 g/mol. The number of carboxylic acid groups (broad SMARTS) is 1. The van der Waals surface area contributed by atoms with Gasteiger partial charge in [-0.15, -0.1) is 0 Å². The summed E-state index contributed by atoms with van der Waals surface area (Å²) in [5.74, 6) is -1.91. The number of esters is 1. The van der Waals surface area contributed by atoms with Crippen LogP contribution >= 0.6 is 0 Å². The van der Waals surface area contributed by atoms with E-state index in [1.54, 1.807) is 24.3 Å². The van der Waals surface area contributed by atoms with E-state index in [1.165, 1.54) is 38.3 Å². The van der Waals surface area contributed by atoms with Crippen molar-refractivity contribution in [3.63, 3.8) is 0 Å². The molecule has 0 heterocycles. The number of anilines is 1. The molecule has 2 aromatic carbocycles. The zero-order valence-corrected chi connectivity index (χ0v) is 16.0. The van der Waals surface area contributed by atoms with E-state index >= 15 is 0 Å². The van der Waals surface area contributed by atoms with Crippen molar-refractivity contribution in [2.75, 3.05) is 12.4 Å². The molecule has 2 aromatic rings. The Labute approximate surface area is 167 Å². The molecular weight excluding hydrogens is 378 g/mol. The number of nitrogens with one attached hydrogen (secondary N) is 1. The fourth-order valence-electron chi connectivity index (χ4n) is 2.41. The van der Waals surface area contributed by atoms with E-state index in [1.807, 2.05) is 0 Å². The number of ketones is 1. The van der Waals surface area contributed by atoms with Gasteiger partial charge in [0, 0.05) is 17.7 Å². The smallest absolute Gasteiger partial charge is 0.338 e. The lowest BCUT2D eigenvalue weighted by molar-refractivity contribution is -0.138. The van der Waals surface area contributed by atoms with E-state index in [0.717, 1.165) is 0 Å². The fraction of sp³-hybridized carbons (Fsp3) is 0.238. The average Bonchev–Trinajstić information content (AvgIpc) is 2.72. The number of carbonyl (C=O) groups excluding carboxylic acids is 3. The fourth-order valence-corrected chi connectivity index (χ4v) is 2.41. The summed E-state index contributed by atoms with van der Waals surface area (Å²) in [6.07, 6.45) is -1.40. The molecule has 0 saturated carbocycles. The molecule has 152 valence electrons. The van der Waals surface area contributed by atoms with Gasteiger partial charge in [-0.25, -0.2) is 4.79 Å². The number of carboxylic acids is 1. The third kappa shape index (κ3) is 6.46. The first-order valence-corrected chi connectivity index (χ1v) is 8.81. The normalized spacial score (nSPS) is 11.2. The Bertz CT molecular complexity index is 888. The van der Waals surface area contributed by atoms with Crippen molar-refractivity contribution in [2.24, 2.45) is 0 Å². The summed E-state index contributed by atoms with van der Waals surface area (Å²) in [4.78, 5) is 46.7. The van der Waals surface area contributed by atoms with E-state index in [2.05, 4.69) is 5.32 Å². The molecule has 1 atom stereocenters. The first kappa shape index (κ1) is 21.6. The topological polar surface area (TPSA) is 119 Å². The van der Waals surface area contributed by atoms with Gasteiger partial charge in [-0.05, 0) is 55.5 Å². The summed E-state index contributed by atoms with van der Waals surface area (Å²) in [6.45, 7) is 1.49. The summed E-state index contributed by atoms with van der Waals surface area (Å²) in [6, 6.07) is 12.3. The number of methoxy groups -OCH3 is 1. The van der Waals surface area contributed by atoms with Crippen LogP contribution in [0.15, 0.2) is 48.5 Å². The molecule has 2 rings (SSSR count). The lowest BCUT2D eigenvalue weighted by atomic mass is 10.1. The molecule has 8 heteroatoms. The molecule has 2 N–H and O–H groups in total. The molecule has 29 heavy (non-hydrogen) atoms. The lowest BCUT2D eigenvalue weighted by Gasteiger charge is -2.13. The molecule has 0 aliphatic rings. The molecule has 8 nitrogen and oxygen atoms in total. The minimum absolute atomic E-state index is 0.149. The van der Waals surface area contributed by atoms with Gasteiger partial charge >= 0.3 is 11.9 Å². The van der Waals surface area contributed by atoms with E-state index in [-0.39, 0.29) is 24.2 Å². The van der Waals surface area contributed by atoms with Crippen LogP contribution in [0.3, 0.4) is 0 Å². The number of aliphatic carboxylic acids is 1. The summed E-state index contributed by atoms with van der Waals surface area (Å²) in [5.41, 5.74) is 1.02. The van der Waals surface area contributed by atoms with Crippen LogP contribution in [0.1, 0.15) is 40.5 Å². The molecule has 0 unspecified atom stereocenters. The van der Waals surface area contributed by atoms with Gasteiger partial charge in [0.05, 0.1) is 19.1 Å². The average molecular weight is 399 g/mol. The molecule has 0 bridgehead atoms. The molecule has 0 fully saturated rings. The summed E-state index contributed by atoms with van der Waals surface area (Å²) in [7, 11) is 1.52. The highest BCUT2D eigenvalue weighted by molar-refractivity contribution is 6.01. The van der Waals surface area contributed by atoms with Crippen LogP contribution in [-0.2, 0) is 14.3 Å². The third-order valence-corrected chi connectivity index (χ3v) is 4.00. The number of hydrogen-bond acceptors (Lipinski definition) is 6. The maximum Gasteiger partial charge on any atom is 0.338 e. The van der Waals surface area contributed by atoms with E-state index in [0.29, 0.717) is 17.0 Å². The van der Waals surface area contributed by atoms with Crippen molar-refractivity contribution in [1.29, 1.82) is 0 Å². The molecule has 0 aliphatic carbocycles. The van der Waals surface area contributed by atoms with Gasteiger partial charge in [0.25, 0.3) is 0 Å². The highest BCUT2D eigenvalue weighted by atomic mass is 16.5. The molecule has 0 aliphatic heterocycles. The number of benzene rings is 2. The first-order chi connectivity index (χ1) is 13.8. The minimum atomic E-state index is -1.06. The van der Waals surface area contributed by atoms with Gasteiger partial charge in [-0.3, -0.25) is 14.4 Å². The molecular formula is C21H21NO7. The van der Waals surface area contributed by atoms with Gasteiger partial charge in [-0.2, -0.15) is 0 Å². The summed E-state index contributed by atoms with van der Waals surface area (Å²) in [5, 5.41) is 11.1. The molecule has 0 spiro atoms. The highest BCUT2D eigenvalue weighted by Gasteiger charge is 2.20. The minimum Gasteiger partial charge on any atom is -0.497 e. The zero-order valence-electron chi connectivity index (χ0n) is 16.0. The molecule has 0 radical (unpaired) electrons. The van der Waals surface area contributed by atoms with Gasteiger partial charge in [0.15, 0.2) is 6.10 Å². The van der Waals surface area contributed by atoms with Gasteiger partial charge < -0.3 is 19.9 Å². The lowest BCUT2D eigenvalue weighted by Crippen LogP contribution is -2.24. The number of Topliss-reactive ketones (excluding diaryl/α,β-unsaturated/α-hetero) is 1. The Morgan fingerprint density at radius 3 is 2.07 bits per heavy atom. The summed E-state index contributed by atoms with van der Waals surface area (Å²) < 4.78 is 10.3. The number of rotatable bonds is 9. The SMILES string of the molecule is COc1ccc(C(=O)[C@H](C)OC(=O)c2ccc(NC(=O)CCC(=O)O)cc2)cc1. The quantitative estimate of drug-likeness (QED) is 0.491. The second-order valence-corrected chi connectivity index (χ2v) is 6.16. The van der Waals surface area contributed by atoms with E-state index in [9.17, 15) is 19.2 Å². The molecule has 1 amide bonds. The number of hydrogen-bond donors (Lipinski definition) is 2. The Morgan fingerprint density at radius 2 is 1.52 bits per heavy atom. The van der Waals surface area contributed by atoms with Crippen molar-refractivity contribution in [1.82, 2.24) is 0 Å². The maximum absolute atomic E-state index is 12.4. The van der Waals surface area contributed by atoms with Crippen molar-refractivity contribution in [3.05, 3.63) is 59.7 Å². The number of amides is 1. The summed E-state index contributed by atoms with van der Waals surface area (Å²) >= 11 is 0. The largest absolute Gasteiger partial charge is 0.497 e. The van der Waals surface area contributed by atoms with E-state index in [4.69, 9.17) is 14.6 Å². The van der Waals surface area contributed by atoms with Crippen LogP contribution in [0.4, 0.5) is 5.69 Å². The highest BCUT2D eigenvalue weighted by Crippen LogP contribution is 2.16. The Morgan fingerprint density at radius 1 is 0.931 bits per heavy atom. The van der Waals surface area contributed by atoms with Crippen LogP contribution in [-0.4, -0.2) is 41.9 Å². The predicted octanol–water partition coefficient (Wildman–Crippen LogP) is 2.93. The van der Waals surface area contributed by atoms with Crippen LogP contribution in [0.5, 0.6) is 5.75 Å². The van der Waals surface area contributed by atoms with Crippen molar-refractivity contribution in [3.8, 4) is 5.75 Å². The number of carbonyl (C=O) groups is 4. The predicted molar refractivity (Wildman–Crippen MR) is 104 cm³/mol.